The quantitative estimate of drug-likeness (QED) is 0.674. The van der Waals surface area contributed by atoms with Gasteiger partial charge in [0.1, 0.15) is 17.5 Å². The van der Waals surface area contributed by atoms with E-state index >= 15 is 0 Å². The highest BCUT2D eigenvalue weighted by molar-refractivity contribution is 9.10. The number of aryl methyl sites for hydroxylation is 1. The van der Waals surface area contributed by atoms with Crippen LogP contribution in [0.5, 0.6) is 0 Å². The minimum absolute atomic E-state index is 0.220. The van der Waals surface area contributed by atoms with E-state index in [0.717, 1.165) is 5.82 Å². The Balaban J connectivity index is 1.95. The van der Waals surface area contributed by atoms with Gasteiger partial charge in [0.05, 0.1) is 4.90 Å². The first-order valence-corrected chi connectivity index (χ1v) is 9.58. The molecule has 7 nitrogen and oxygen atoms in total. The van der Waals surface area contributed by atoms with E-state index < -0.39 is 10.0 Å². The van der Waals surface area contributed by atoms with Crippen LogP contribution in [0.3, 0.4) is 0 Å². The SMILES string of the molecule is Cc1nc(NCCNS(=O)(=O)c2ccccc2Br)cc(N(C)C)n1. The predicted molar refractivity (Wildman–Crippen MR) is 98.9 cm³/mol. The van der Waals surface area contributed by atoms with Gasteiger partial charge in [0.25, 0.3) is 0 Å². The molecule has 130 valence electrons. The number of sulfonamides is 1. The zero-order chi connectivity index (χ0) is 17.7. The van der Waals surface area contributed by atoms with Crippen molar-refractivity contribution in [3.63, 3.8) is 0 Å². The van der Waals surface area contributed by atoms with Gasteiger partial charge in [0.15, 0.2) is 0 Å². The molecular weight excluding hydrogens is 394 g/mol. The van der Waals surface area contributed by atoms with Crippen molar-refractivity contribution in [1.29, 1.82) is 0 Å². The summed E-state index contributed by atoms with van der Waals surface area (Å²) >= 11 is 3.25. The van der Waals surface area contributed by atoms with Crippen LogP contribution in [0.15, 0.2) is 39.7 Å². The number of nitrogens with one attached hydrogen (secondary N) is 2. The fraction of sp³-hybridized carbons (Fsp3) is 0.333. The molecule has 1 heterocycles. The maximum Gasteiger partial charge on any atom is 0.241 e. The van der Waals surface area contributed by atoms with Crippen molar-refractivity contribution < 1.29 is 8.42 Å². The van der Waals surface area contributed by atoms with Gasteiger partial charge < -0.3 is 10.2 Å². The van der Waals surface area contributed by atoms with Crippen LogP contribution < -0.4 is 14.9 Å². The van der Waals surface area contributed by atoms with Gasteiger partial charge in [-0.15, -0.1) is 0 Å². The lowest BCUT2D eigenvalue weighted by atomic mass is 10.4. The molecule has 0 saturated carbocycles. The predicted octanol–water partition coefficient (Wildman–Crippen LogP) is 2.00. The minimum Gasteiger partial charge on any atom is -0.369 e. The topological polar surface area (TPSA) is 87.2 Å². The van der Waals surface area contributed by atoms with Gasteiger partial charge in [-0.25, -0.2) is 23.1 Å². The van der Waals surface area contributed by atoms with E-state index in [4.69, 9.17) is 0 Å². The van der Waals surface area contributed by atoms with Crippen molar-refractivity contribution in [2.24, 2.45) is 0 Å². The van der Waals surface area contributed by atoms with Gasteiger partial charge in [-0.2, -0.15) is 0 Å². The summed E-state index contributed by atoms with van der Waals surface area (Å²) < 4.78 is 27.6. The summed E-state index contributed by atoms with van der Waals surface area (Å²) in [5.41, 5.74) is 0. The highest BCUT2D eigenvalue weighted by Gasteiger charge is 2.16. The van der Waals surface area contributed by atoms with E-state index in [1.807, 2.05) is 32.0 Å². The second kappa shape index (κ2) is 7.91. The van der Waals surface area contributed by atoms with E-state index in [2.05, 4.69) is 35.9 Å². The lowest BCUT2D eigenvalue weighted by Gasteiger charge is -2.14. The third-order valence-electron chi connectivity index (χ3n) is 3.13. The monoisotopic (exact) mass is 413 g/mol. The third-order valence-corrected chi connectivity index (χ3v) is 5.61. The van der Waals surface area contributed by atoms with E-state index in [1.165, 1.54) is 0 Å². The molecule has 2 N–H and O–H groups in total. The number of benzene rings is 1. The van der Waals surface area contributed by atoms with Crippen molar-refractivity contribution in [3.8, 4) is 0 Å². The fourth-order valence-electron chi connectivity index (χ4n) is 1.99. The number of hydrogen-bond donors (Lipinski definition) is 2. The summed E-state index contributed by atoms with van der Waals surface area (Å²) in [5, 5.41) is 3.10. The summed E-state index contributed by atoms with van der Waals surface area (Å²) in [6.45, 7) is 2.46. The first-order valence-electron chi connectivity index (χ1n) is 7.30. The molecule has 1 aromatic carbocycles. The second-order valence-corrected chi connectivity index (χ2v) is 7.90. The Morgan fingerprint density at radius 3 is 2.54 bits per heavy atom. The van der Waals surface area contributed by atoms with Gasteiger partial charge in [0.2, 0.25) is 10.0 Å². The molecule has 0 fully saturated rings. The van der Waals surface area contributed by atoms with Crippen molar-refractivity contribution in [2.45, 2.75) is 11.8 Å². The van der Waals surface area contributed by atoms with Gasteiger partial charge >= 0.3 is 0 Å². The van der Waals surface area contributed by atoms with E-state index in [-0.39, 0.29) is 11.4 Å². The molecule has 2 rings (SSSR count). The van der Waals surface area contributed by atoms with Crippen molar-refractivity contribution in [3.05, 3.63) is 40.6 Å². The summed E-state index contributed by atoms with van der Waals surface area (Å²) in [6.07, 6.45) is 0. The highest BCUT2D eigenvalue weighted by atomic mass is 79.9. The lowest BCUT2D eigenvalue weighted by Crippen LogP contribution is -2.29. The Morgan fingerprint density at radius 1 is 1.17 bits per heavy atom. The van der Waals surface area contributed by atoms with Gasteiger partial charge in [0, 0.05) is 37.7 Å². The van der Waals surface area contributed by atoms with E-state index in [0.29, 0.717) is 22.7 Å². The number of aromatic nitrogens is 2. The molecule has 0 bridgehead atoms. The summed E-state index contributed by atoms with van der Waals surface area (Å²) in [6, 6.07) is 8.51. The number of rotatable bonds is 7. The Morgan fingerprint density at radius 2 is 1.88 bits per heavy atom. The summed E-state index contributed by atoms with van der Waals surface area (Å²) in [5.74, 6) is 2.10. The molecule has 0 atom stereocenters. The zero-order valence-corrected chi connectivity index (χ0v) is 16.1. The molecule has 24 heavy (non-hydrogen) atoms. The Kier molecular flexibility index (Phi) is 6.14. The average molecular weight is 414 g/mol. The largest absolute Gasteiger partial charge is 0.369 e. The Bertz CT molecular complexity index is 811. The van der Waals surface area contributed by atoms with Crippen LogP contribution in [0.25, 0.3) is 0 Å². The second-order valence-electron chi connectivity index (χ2n) is 5.31. The smallest absolute Gasteiger partial charge is 0.241 e. The number of anilines is 2. The Hall–Kier alpha value is -1.71. The van der Waals surface area contributed by atoms with Gasteiger partial charge in [-0.05, 0) is 35.0 Å². The normalized spacial score (nSPS) is 11.3. The molecule has 9 heteroatoms. The molecule has 0 aliphatic heterocycles. The minimum atomic E-state index is -3.55. The molecule has 0 aliphatic rings. The fourth-order valence-corrected chi connectivity index (χ4v) is 4.02. The van der Waals surface area contributed by atoms with Crippen LogP contribution in [0, 0.1) is 6.92 Å². The maximum absolute atomic E-state index is 12.3. The van der Waals surface area contributed by atoms with Gasteiger partial charge in [-0.3, -0.25) is 0 Å². The lowest BCUT2D eigenvalue weighted by molar-refractivity contribution is 0.582. The summed E-state index contributed by atoms with van der Waals surface area (Å²) in [7, 11) is 0.247. The third kappa shape index (κ3) is 4.89. The van der Waals surface area contributed by atoms with Crippen LogP contribution in [0.2, 0.25) is 0 Å². The van der Waals surface area contributed by atoms with Crippen LogP contribution in [0.4, 0.5) is 11.6 Å². The molecule has 0 radical (unpaired) electrons. The molecule has 0 saturated heterocycles. The number of halogens is 1. The van der Waals surface area contributed by atoms with Crippen LogP contribution >= 0.6 is 15.9 Å². The molecule has 0 amide bonds. The molecule has 1 aromatic heterocycles. The van der Waals surface area contributed by atoms with Gasteiger partial charge in [-0.1, -0.05) is 12.1 Å². The standard InChI is InChI=1S/C15H20BrN5O2S/c1-11-19-14(10-15(20-11)21(2)3)17-8-9-18-24(22,23)13-7-5-4-6-12(13)16/h4-7,10,18H,8-9H2,1-3H3,(H,17,19,20). The molecule has 0 spiro atoms. The Labute approximate surface area is 150 Å². The van der Waals surface area contributed by atoms with Crippen LogP contribution in [-0.4, -0.2) is 45.6 Å². The molecule has 2 aromatic rings. The number of nitrogens with zero attached hydrogens (tertiary/aromatic N) is 3. The zero-order valence-electron chi connectivity index (χ0n) is 13.7. The van der Waals surface area contributed by atoms with Crippen molar-refractivity contribution in [2.75, 3.05) is 37.4 Å². The number of hydrogen-bond acceptors (Lipinski definition) is 6. The molecule has 0 aliphatic carbocycles. The summed E-state index contributed by atoms with van der Waals surface area (Å²) in [4.78, 5) is 10.7. The molecular formula is C15H20BrN5O2S. The average Bonchev–Trinajstić information content (AvgIpc) is 2.51. The van der Waals surface area contributed by atoms with E-state index in [9.17, 15) is 8.42 Å². The van der Waals surface area contributed by atoms with Crippen molar-refractivity contribution >= 4 is 37.6 Å². The van der Waals surface area contributed by atoms with Crippen molar-refractivity contribution in [1.82, 2.24) is 14.7 Å². The van der Waals surface area contributed by atoms with Crippen LogP contribution in [0.1, 0.15) is 5.82 Å². The highest BCUT2D eigenvalue weighted by Crippen LogP contribution is 2.20. The van der Waals surface area contributed by atoms with Crippen LogP contribution in [-0.2, 0) is 10.0 Å². The van der Waals surface area contributed by atoms with E-state index in [1.54, 1.807) is 24.3 Å². The molecule has 0 unspecified atom stereocenters. The first kappa shape index (κ1) is 18.6. The maximum atomic E-state index is 12.3. The first-order chi connectivity index (χ1) is 11.3.